The van der Waals surface area contributed by atoms with Gasteiger partial charge in [0, 0.05) is 24.9 Å². The minimum absolute atomic E-state index is 0.00790. The second-order valence-electron chi connectivity index (χ2n) is 6.46. The van der Waals surface area contributed by atoms with Gasteiger partial charge in [0.25, 0.3) is 0 Å². The van der Waals surface area contributed by atoms with Gasteiger partial charge in [-0.2, -0.15) is 0 Å². The fourth-order valence-corrected chi connectivity index (χ4v) is 4.03. The Balaban J connectivity index is 1.40. The number of anilines is 1. The highest BCUT2D eigenvalue weighted by Gasteiger charge is 2.25. The van der Waals surface area contributed by atoms with E-state index in [1.165, 1.54) is 11.8 Å². The summed E-state index contributed by atoms with van der Waals surface area (Å²) >= 11 is 1.32. The van der Waals surface area contributed by atoms with E-state index in [1.807, 2.05) is 12.1 Å². The molecule has 9 heteroatoms. The number of ketones is 1. The summed E-state index contributed by atoms with van der Waals surface area (Å²) in [4.78, 5) is 25.9. The molecule has 2 aliphatic heterocycles. The molecule has 1 unspecified atom stereocenters. The molecule has 0 bridgehead atoms. The quantitative estimate of drug-likeness (QED) is 0.557. The van der Waals surface area contributed by atoms with E-state index < -0.39 is 0 Å². The number of hydrogen-bond donors (Lipinski definition) is 0. The maximum atomic E-state index is 12.5. The summed E-state index contributed by atoms with van der Waals surface area (Å²) in [5, 5.41) is 12.3. The van der Waals surface area contributed by atoms with Crippen molar-refractivity contribution in [3.8, 4) is 0 Å². The second kappa shape index (κ2) is 7.16. The Morgan fingerprint density at radius 2 is 2.31 bits per heavy atom. The number of carbonyl (C=O) groups is 2. The van der Waals surface area contributed by atoms with Gasteiger partial charge in [-0.25, -0.2) is 4.68 Å². The van der Waals surface area contributed by atoms with E-state index in [2.05, 4.69) is 15.5 Å². The molecule has 1 saturated heterocycles. The molecule has 0 aliphatic carbocycles. The lowest BCUT2D eigenvalue weighted by Gasteiger charge is -2.11. The number of amides is 1. The Morgan fingerprint density at radius 3 is 3.12 bits per heavy atom. The highest BCUT2D eigenvalue weighted by atomic mass is 32.2. The van der Waals surface area contributed by atoms with Crippen molar-refractivity contribution in [3.05, 3.63) is 29.3 Å². The number of fused-ring (bicyclic) bond motifs is 1. The minimum Gasteiger partial charge on any atom is -0.376 e. The third-order valence-corrected chi connectivity index (χ3v) is 5.67. The predicted molar refractivity (Wildman–Crippen MR) is 95.4 cm³/mol. The Kier molecular flexibility index (Phi) is 4.73. The largest absolute Gasteiger partial charge is 0.376 e. The molecule has 1 amide bonds. The van der Waals surface area contributed by atoms with Gasteiger partial charge in [0.05, 0.1) is 24.8 Å². The van der Waals surface area contributed by atoms with Crippen molar-refractivity contribution in [2.75, 3.05) is 24.3 Å². The number of benzene rings is 1. The van der Waals surface area contributed by atoms with Crippen molar-refractivity contribution in [1.29, 1.82) is 0 Å². The van der Waals surface area contributed by atoms with Crippen LogP contribution in [0, 0.1) is 0 Å². The Morgan fingerprint density at radius 1 is 1.42 bits per heavy atom. The summed E-state index contributed by atoms with van der Waals surface area (Å²) in [5.74, 6) is 0.285. The summed E-state index contributed by atoms with van der Waals surface area (Å²) in [6, 6.07) is 5.42. The average molecular weight is 373 g/mol. The topological polar surface area (TPSA) is 90.2 Å². The van der Waals surface area contributed by atoms with Crippen LogP contribution in [0.15, 0.2) is 23.4 Å². The Bertz CT molecular complexity index is 847. The molecule has 1 atom stereocenters. The van der Waals surface area contributed by atoms with Crippen LogP contribution in [0.5, 0.6) is 0 Å². The van der Waals surface area contributed by atoms with Crippen molar-refractivity contribution < 1.29 is 14.3 Å². The van der Waals surface area contributed by atoms with Crippen LogP contribution < -0.4 is 4.90 Å². The summed E-state index contributed by atoms with van der Waals surface area (Å²) < 4.78 is 7.31. The Hall–Kier alpha value is -2.26. The average Bonchev–Trinajstić information content (AvgIpc) is 3.36. The van der Waals surface area contributed by atoms with E-state index in [4.69, 9.17) is 4.74 Å². The third-order valence-electron chi connectivity index (χ3n) is 4.71. The van der Waals surface area contributed by atoms with E-state index in [9.17, 15) is 9.59 Å². The lowest BCUT2D eigenvalue weighted by atomic mass is 10.1. The summed E-state index contributed by atoms with van der Waals surface area (Å²) in [6.07, 6.45) is 2.55. The third kappa shape index (κ3) is 3.36. The second-order valence-corrected chi connectivity index (χ2v) is 7.41. The van der Waals surface area contributed by atoms with Crippen LogP contribution >= 0.6 is 11.8 Å². The highest BCUT2D eigenvalue weighted by molar-refractivity contribution is 7.99. The van der Waals surface area contributed by atoms with Crippen LogP contribution in [0.4, 0.5) is 5.69 Å². The number of tetrazole rings is 1. The van der Waals surface area contributed by atoms with Crippen LogP contribution in [0.3, 0.4) is 0 Å². The van der Waals surface area contributed by atoms with E-state index in [-0.39, 0.29) is 23.5 Å². The number of Topliss-reactive ketones (excluding diaryl/α,β-unsaturated/α-hetero) is 1. The first-order valence-electron chi connectivity index (χ1n) is 8.55. The maximum absolute atomic E-state index is 12.5. The van der Waals surface area contributed by atoms with E-state index >= 15 is 0 Å². The number of carbonyl (C=O) groups excluding carboxylic acids is 2. The van der Waals surface area contributed by atoms with Crippen LogP contribution in [0.1, 0.15) is 28.8 Å². The summed E-state index contributed by atoms with van der Waals surface area (Å²) in [5.41, 5.74) is 2.38. The van der Waals surface area contributed by atoms with Crippen molar-refractivity contribution in [1.82, 2.24) is 20.2 Å². The number of ether oxygens (including phenoxy) is 1. The van der Waals surface area contributed by atoms with E-state index in [0.29, 0.717) is 23.7 Å². The Labute approximate surface area is 154 Å². The lowest BCUT2D eigenvalue weighted by molar-refractivity contribution is -0.117. The number of likely N-dealkylation sites (N-methyl/N-ethyl adjacent to an activating group) is 1. The van der Waals surface area contributed by atoms with Gasteiger partial charge in [-0.1, -0.05) is 11.8 Å². The number of aromatic nitrogens is 4. The molecular weight excluding hydrogens is 354 g/mol. The minimum atomic E-state index is -0.00790. The molecule has 1 aromatic heterocycles. The zero-order valence-electron chi connectivity index (χ0n) is 14.4. The van der Waals surface area contributed by atoms with Gasteiger partial charge in [0.2, 0.25) is 11.1 Å². The molecule has 1 aromatic carbocycles. The van der Waals surface area contributed by atoms with E-state index in [1.54, 1.807) is 22.7 Å². The normalized spacial score (nSPS) is 19.2. The van der Waals surface area contributed by atoms with Crippen LogP contribution in [-0.2, 0) is 22.5 Å². The van der Waals surface area contributed by atoms with Gasteiger partial charge in [-0.15, -0.1) is 5.10 Å². The molecule has 8 nitrogen and oxygen atoms in total. The van der Waals surface area contributed by atoms with Gasteiger partial charge < -0.3 is 9.64 Å². The van der Waals surface area contributed by atoms with Gasteiger partial charge in [-0.3, -0.25) is 9.59 Å². The van der Waals surface area contributed by atoms with Gasteiger partial charge in [0.1, 0.15) is 0 Å². The molecule has 2 aromatic rings. The zero-order chi connectivity index (χ0) is 18.1. The monoisotopic (exact) mass is 373 g/mol. The van der Waals surface area contributed by atoms with E-state index in [0.717, 1.165) is 30.7 Å². The maximum Gasteiger partial charge on any atom is 0.231 e. The predicted octanol–water partition coefficient (Wildman–Crippen LogP) is 1.35. The molecule has 0 radical (unpaired) electrons. The number of nitrogens with zero attached hydrogens (tertiary/aromatic N) is 5. The molecule has 3 heterocycles. The van der Waals surface area contributed by atoms with Crippen LogP contribution in [0.2, 0.25) is 0 Å². The van der Waals surface area contributed by atoms with Gasteiger partial charge >= 0.3 is 0 Å². The SMILES string of the molecule is CN1C(=O)Cc2cc(C(=O)CSc3nnnn3CC3CCCO3)ccc21. The highest BCUT2D eigenvalue weighted by Crippen LogP contribution is 2.29. The first-order chi connectivity index (χ1) is 12.6. The molecule has 0 spiro atoms. The first kappa shape index (κ1) is 17.2. The fourth-order valence-electron chi connectivity index (χ4n) is 3.25. The molecule has 4 rings (SSSR count). The smallest absolute Gasteiger partial charge is 0.231 e. The van der Waals surface area contributed by atoms with Crippen molar-refractivity contribution in [2.45, 2.75) is 37.1 Å². The summed E-state index contributed by atoms with van der Waals surface area (Å²) in [7, 11) is 1.75. The molecule has 26 heavy (non-hydrogen) atoms. The van der Waals surface area contributed by atoms with Crippen molar-refractivity contribution in [2.24, 2.45) is 0 Å². The lowest BCUT2D eigenvalue weighted by Crippen LogP contribution is -2.20. The molecule has 0 saturated carbocycles. The standard InChI is InChI=1S/C17H19N5O3S/c1-21-14-5-4-11(7-12(14)8-16(21)24)15(23)10-26-17-18-19-20-22(17)9-13-3-2-6-25-13/h4-5,7,13H,2-3,6,8-10H2,1H3. The van der Waals surface area contributed by atoms with Gasteiger partial charge in [0.15, 0.2) is 5.78 Å². The first-order valence-corrected chi connectivity index (χ1v) is 9.53. The molecule has 1 fully saturated rings. The number of rotatable bonds is 6. The van der Waals surface area contributed by atoms with Gasteiger partial charge in [-0.05, 0) is 47.0 Å². The fraction of sp³-hybridized carbons (Fsp3) is 0.471. The van der Waals surface area contributed by atoms with Crippen LogP contribution in [-0.4, -0.2) is 57.4 Å². The molecular formula is C17H19N5O3S. The molecule has 2 aliphatic rings. The molecule has 0 N–H and O–H groups in total. The summed E-state index contributed by atoms with van der Waals surface area (Å²) in [6.45, 7) is 1.39. The number of thioether (sulfide) groups is 1. The van der Waals surface area contributed by atoms with Crippen molar-refractivity contribution in [3.63, 3.8) is 0 Å². The number of hydrogen-bond acceptors (Lipinski definition) is 7. The van der Waals surface area contributed by atoms with Crippen molar-refractivity contribution >= 4 is 29.1 Å². The van der Waals surface area contributed by atoms with Crippen LogP contribution in [0.25, 0.3) is 0 Å². The zero-order valence-corrected chi connectivity index (χ0v) is 15.2. The molecule has 136 valence electrons.